The summed E-state index contributed by atoms with van der Waals surface area (Å²) in [6, 6.07) is -0.357. The summed E-state index contributed by atoms with van der Waals surface area (Å²) < 4.78 is 0. The van der Waals surface area contributed by atoms with Crippen LogP contribution in [-0.4, -0.2) is 65.5 Å². The third-order valence-corrected chi connectivity index (χ3v) is 3.11. The van der Waals surface area contributed by atoms with Crippen LogP contribution in [-0.2, 0) is 11.3 Å². The number of rotatable bonds is 4. The molecule has 20 heavy (non-hydrogen) atoms. The lowest BCUT2D eigenvalue weighted by molar-refractivity contribution is -0.124. The number of amides is 1. The molecule has 1 unspecified atom stereocenters. The minimum atomic E-state index is -0.357. The van der Waals surface area contributed by atoms with Gasteiger partial charge in [-0.05, 0) is 0 Å². The Hall–Kier alpha value is -2.00. The molecule has 5 N–H and O–H groups in total. The molecule has 0 radical (unpaired) electrons. The first-order chi connectivity index (χ1) is 9.47. The van der Waals surface area contributed by atoms with Crippen molar-refractivity contribution in [2.24, 2.45) is 5.73 Å². The average Bonchev–Trinajstić information content (AvgIpc) is 2.38. The van der Waals surface area contributed by atoms with Gasteiger partial charge in [-0.2, -0.15) is 15.0 Å². The van der Waals surface area contributed by atoms with Gasteiger partial charge in [-0.1, -0.05) is 0 Å². The maximum absolute atomic E-state index is 11.5. The van der Waals surface area contributed by atoms with Gasteiger partial charge in [0.1, 0.15) is 11.9 Å². The summed E-state index contributed by atoms with van der Waals surface area (Å²) in [6.45, 7) is 2.46. The molecule has 1 saturated heterocycles. The van der Waals surface area contributed by atoms with Crippen molar-refractivity contribution in [1.82, 2.24) is 25.2 Å². The molecule has 2 rings (SSSR count). The summed E-state index contributed by atoms with van der Waals surface area (Å²) in [5, 5.41) is 3.14. The number of carbonyl (C=O) groups is 1. The smallest absolute Gasteiger partial charge is 0.236 e. The van der Waals surface area contributed by atoms with Crippen molar-refractivity contribution in [3.05, 3.63) is 5.82 Å². The van der Waals surface area contributed by atoms with Gasteiger partial charge in [0.15, 0.2) is 0 Å². The summed E-state index contributed by atoms with van der Waals surface area (Å²) in [7, 11) is 3.66. The molecule has 110 valence electrons. The second-order valence-electron chi connectivity index (χ2n) is 4.90. The van der Waals surface area contributed by atoms with Crippen LogP contribution in [0.2, 0.25) is 0 Å². The topological polar surface area (TPSA) is 126 Å². The predicted octanol–water partition coefficient (Wildman–Crippen LogP) is -2.22. The zero-order valence-electron chi connectivity index (χ0n) is 11.7. The van der Waals surface area contributed by atoms with Gasteiger partial charge < -0.3 is 21.7 Å². The first-order valence-electron chi connectivity index (χ1n) is 6.39. The van der Waals surface area contributed by atoms with E-state index in [1.54, 1.807) is 4.90 Å². The molecular weight excluding hydrogens is 260 g/mol. The molecule has 2 heterocycles. The van der Waals surface area contributed by atoms with Crippen molar-refractivity contribution in [3.63, 3.8) is 0 Å². The molecule has 1 aromatic rings. The predicted molar refractivity (Wildman–Crippen MR) is 74.8 cm³/mol. The number of hydrogen-bond donors (Lipinski definition) is 3. The number of nitrogens with one attached hydrogen (secondary N) is 1. The highest BCUT2D eigenvalue weighted by Gasteiger charge is 2.27. The standard InChI is InChI=1S/C11H20N8O/c1-18(2)11-16-8(15-10(13)17-11)6-19-4-3-14-5-7(19)9(12)20/h7,14H,3-6H2,1-2H3,(H2,12,20)(H2,13,15,16,17). The Morgan fingerprint density at radius 1 is 1.45 bits per heavy atom. The molecule has 0 aromatic carbocycles. The van der Waals surface area contributed by atoms with Crippen molar-refractivity contribution in [1.29, 1.82) is 0 Å². The van der Waals surface area contributed by atoms with Crippen LogP contribution in [0.25, 0.3) is 0 Å². The summed E-state index contributed by atoms with van der Waals surface area (Å²) >= 11 is 0. The fourth-order valence-electron chi connectivity index (χ4n) is 2.09. The molecule has 1 aliphatic heterocycles. The third-order valence-electron chi connectivity index (χ3n) is 3.11. The summed E-state index contributed by atoms with van der Waals surface area (Å²) in [5.74, 6) is 0.851. The maximum Gasteiger partial charge on any atom is 0.236 e. The van der Waals surface area contributed by atoms with Crippen LogP contribution >= 0.6 is 0 Å². The van der Waals surface area contributed by atoms with E-state index < -0.39 is 0 Å². The van der Waals surface area contributed by atoms with Crippen molar-refractivity contribution >= 4 is 17.8 Å². The minimum absolute atomic E-state index is 0.171. The van der Waals surface area contributed by atoms with E-state index in [4.69, 9.17) is 11.5 Å². The van der Waals surface area contributed by atoms with Crippen molar-refractivity contribution in [2.75, 3.05) is 44.4 Å². The van der Waals surface area contributed by atoms with Crippen molar-refractivity contribution in [3.8, 4) is 0 Å². The number of aromatic nitrogens is 3. The van der Waals surface area contributed by atoms with E-state index in [1.165, 1.54) is 0 Å². The lowest BCUT2D eigenvalue weighted by Gasteiger charge is -2.33. The lowest BCUT2D eigenvalue weighted by Crippen LogP contribution is -2.56. The van der Waals surface area contributed by atoms with Crippen LogP contribution in [0.15, 0.2) is 0 Å². The zero-order chi connectivity index (χ0) is 14.7. The Morgan fingerprint density at radius 3 is 2.85 bits per heavy atom. The quantitative estimate of drug-likeness (QED) is 0.566. The van der Waals surface area contributed by atoms with Gasteiger partial charge in [-0.3, -0.25) is 9.69 Å². The summed E-state index contributed by atoms with van der Waals surface area (Å²) in [4.78, 5) is 27.6. The van der Waals surface area contributed by atoms with E-state index in [-0.39, 0.29) is 17.9 Å². The minimum Gasteiger partial charge on any atom is -0.368 e. The number of nitrogens with two attached hydrogens (primary N) is 2. The molecule has 0 saturated carbocycles. The number of nitrogen functional groups attached to an aromatic ring is 1. The van der Waals surface area contributed by atoms with Gasteiger partial charge in [-0.25, -0.2) is 0 Å². The van der Waals surface area contributed by atoms with Crippen molar-refractivity contribution in [2.45, 2.75) is 12.6 Å². The van der Waals surface area contributed by atoms with E-state index in [0.29, 0.717) is 31.4 Å². The maximum atomic E-state index is 11.5. The molecule has 9 nitrogen and oxygen atoms in total. The van der Waals surface area contributed by atoms with Gasteiger partial charge in [0, 0.05) is 33.7 Å². The van der Waals surface area contributed by atoms with E-state index in [0.717, 1.165) is 6.54 Å². The number of carbonyl (C=O) groups excluding carboxylic acids is 1. The van der Waals surface area contributed by atoms with E-state index in [9.17, 15) is 4.79 Å². The van der Waals surface area contributed by atoms with Crippen LogP contribution in [0.1, 0.15) is 5.82 Å². The molecule has 0 bridgehead atoms. The number of nitrogens with zero attached hydrogens (tertiary/aromatic N) is 5. The highest BCUT2D eigenvalue weighted by atomic mass is 16.1. The van der Waals surface area contributed by atoms with E-state index in [2.05, 4.69) is 20.3 Å². The van der Waals surface area contributed by atoms with Crippen LogP contribution in [0, 0.1) is 0 Å². The van der Waals surface area contributed by atoms with Crippen LogP contribution in [0.3, 0.4) is 0 Å². The highest BCUT2D eigenvalue weighted by Crippen LogP contribution is 2.11. The van der Waals surface area contributed by atoms with Crippen molar-refractivity contribution < 1.29 is 4.79 Å². The van der Waals surface area contributed by atoms with Crippen LogP contribution in [0.4, 0.5) is 11.9 Å². The first-order valence-corrected chi connectivity index (χ1v) is 6.39. The molecule has 1 atom stereocenters. The number of primary amides is 1. The Bertz CT molecular complexity index is 491. The lowest BCUT2D eigenvalue weighted by atomic mass is 10.2. The van der Waals surface area contributed by atoms with Gasteiger partial charge in [0.25, 0.3) is 0 Å². The molecule has 1 amide bonds. The summed E-state index contributed by atoms with van der Waals surface area (Å²) in [6.07, 6.45) is 0. The monoisotopic (exact) mass is 280 g/mol. The molecule has 0 spiro atoms. The molecule has 9 heteroatoms. The summed E-state index contributed by atoms with van der Waals surface area (Å²) in [5.41, 5.74) is 11.1. The Morgan fingerprint density at radius 2 is 2.20 bits per heavy atom. The second kappa shape index (κ2) is 5.97. The second-order valence-corrected chi connectivity index (χ2v) is 4.90. The van der Waals surface area contributed by atoms with Gasteiger partial charge in [0.2, 0.25) is 17.8 Å². The van der Waals surface area contributed by atoms with Gasteiger partial charge >= 0.3 is 0 Å². The van der Waals surface area contributed by atoms with Crippen LogP contribution in [0.5, 0.6) is 0 Å². The molecule has 1 aromatic heterocycles. The molecule has 1 aliphatic rings. The number of hydrogen-bond acceptors (Lipinski definition) is 8. The fraction of sp³-hybridized carbons (Fsp3) is 0.636. The Kier molecular flexibility index (Phi) is 4.30. The normalized spacial score (nSPS) is 19.8. The Labute approximate surface area is 117 Å². The average molecular weight is 280 g/mol. The molecule has 0 aliphatic carbocycles. The zero-order valence-corrected chi connectivity index (χ0v) is 11.7. The van der Waals surface area contributed by atoms with Crippen LogP contribution < -0.4 is 21.7 Å². The third kappa shape index (κ3) is 3.31. The van der Waals surface area contributed by atoms with E-state index >= 15 is 0 Å². The van der Waals surface area contributed by atoms with Gasteiger partial charge in [-0.15, -0.1) is 0 Å². The largest absolute Gasteiger partial charge is 0.368 e. The van der Waals surface area contributed by atoms with E-state index in [1.807, 2.05) is 19.0 Å². The molecule has 1 fully saturated rings. The molecular formula is C11H20N8O. The Balaban J connectivity index is 2.17. The SMILES string of the molecule is CN(C)c1nc(N)nc(CN2CCNCC2C(N)=O)n1. The van der Waals surface area contributed by atoms with Gasteiger partial charge in [0.05, 0.1) is 6.54 Å². The number of piperazine rings is 1. The first kappa shape index (κ1) is 14.4. The number of anilines is 2. The highest BCUT2D eigenvalue weighted by molar-refractivity contribution is 5.80. The fourth-order valence-corrected chi connectivity index (χ4v) is 2.09.